The summed E-state index contributed by atoms with van der Waals surface area (Å²) in [6, 6.07) is 15.6. The molecule has 0 unspecified atom stereocenters. The highest BCUT2D eigenvalue weighted by atomic mass is 127. The van der Waals surface area contributed by atoms with Crippen molar-refractivity contribution in [2.45, 2.75) is 0 Å². The highest BCUT2D eigenvalue weighted by molar-refractivity contribution is 14.1. The fourth-order valence-corrected chi connectivity index (χ4v) is 2.82. The summed E-state index contributed by atoms with van der Waals surface area (Å²) in [5.41, 5.74) is 8.69. The minimum atomic E-state index is 0.373. The van der Waals surface area contributed by atoms with Crippen LogP contribution in [0.2, 0.25) is 0 Å². The zero-order valence-electron chi connectivity index (χ0n) is 11.3. The second kappa shape index (κ2) is 5.77. The molecule has 0 aliphatic heterocycles. The summed E-state index contributed by atoms with van der Waals surface area (Å²) in [5.74, 6) is 1.81. The van der Waals surface area contributed by atoms with Gasteiger partial charge >= 0.3 is 0 Å². The van der Waals surface area contributed by atoms with Gasteiger partial charge in [0.05, 0.1) is 12.7 Å². The topological polar surface area (TPSA) is 61.3 Å². The quantitative estimate of drug-likeness (QED) is 0.679. The van der Waals surface area contributed by atoms with E-state index in [0.29, 0.717) is 11.6 Å². The molecule has 2 N–H and O–H groups in total. The van der Waals surface area contributed by atoms with E-state index in [1.807, 2.05) is 48.5 Å². The lowest BCUT2D eigenvalue weighted by atomic mass is 10.0. The zero-order chi connectivity index (χ0) is 14.8. The number of hydrogen-bond acceptors (Lipinski definition) is 4. The molecule has 0 aliphatic carbocycles. The number of ether oxygens (including phenoxy) is 1. The Balaban J connectivity index is 2.20. The Bertz CT molecular complexity index is 783. The van der Waals surface area contributed by atoms with E-state index in [4.69, 9.17) is 15.0 Å². The standard InChI is InChI=1S/C16H13IN2O2/c1-20-11-6-4-5-10(9-11)14-15(21-19-16(14)18)12-7-2-3-8-13(12)17/h2-9H,1H3,(H2,18,19). The molecule has 21 heavy (non-hydrogen) atoms. The molecule has 0 aliphatic rings. The second-order valence-corrected chi connectivity index (χ2v) is 5.65. The van der Waals surface area contributed by atoms with Gasteiger partial charge in [-0.05, 0) is 46.4 Å². The highest BCUT2D eigenvalue weighted by Crippen LogP contribution is 2.39. The molecule has 3 aromatic rings. The average Bonchev–Trinajstić information content (AvgIpc) is 2.89. The molecule has 0 atom stereocenters. The number of nitrogens with two attached hydrogens (primary N) is 1. The van der Waals surface area contributed by atoms with Crippen LogP contribution in [0.5, 0.6) is 5.75 Å². The van der Waals surface area contributed by atoms with Gasteiger partial charge < -0.3 is 15.0 Å². The molecule has 2 aromatic carbocycles. The predicted octanol–water partition coefficient (Wildman–Crippen LogP) is 4.20. The lowest BCUT2D eigenvalue weighted by Gasteiger charge is -2.06. The van der Waals surface area contributed by atoms with Crippen molar-refractivity contribution in [3.05, 3.63) is 52.1 Å². The minimum absolute atomic E-state index is 0.373. The number of methoxy groups -OCH3 is 1. The van der Waals surface area contributed by atoms with Crippen LogP contribution in [0.3, 0.4) is 0 Å². The maximum atomic E-state index is 6.00. The van der Waals surface area contributed by atoms with Crippen molar-refractivity contribution < 1.29 is 9.26 Å². The summed E-state index contributed by atoms with van der Waals surface area (Å²) < 4.78 is 11.8. The third-order valence-corrected chi connectivity index (χ3v) is 4.14. The lowest BCUT2D eigenvalue weighted by molar-refractivity contribution is 0.415. The molecule has 0 spiro atoms. The van der Waals surface area contributed by atoms with Crippen LogP contribution in [0.4, 0.5) is 5.82 Å². The van der Waals surface area contributed by atoms with Crippen molar-refractivity contribution in [3.8, 4) is 28.2 Å². The maximum absolute atomic E-state index is 6.00. The third-order valence-electron chi connectivity index (χ3n) is 3.20. The molecule has 0 saturated carbocycles. The summed E-state index contributed by atoms with van der Waals surface area (Å²) in [6.07, 6.45) is 0. The van der Waals surface area contributed by atoms with Crippen molar-refractivity contribution >= 4 is 28.4 Å². The molecular formula is C16H13IN2O2. The number of hydrogen-bond donors (Lipinski definition) is 1. The Morgan fingerprint density at radius 1 is 1.14 bits per heavy atom. The number of aromatic nitrogens is 1. The van der Waals surface area contributed by atoms with E-state index in [1.54, 1.807) is 7.11 Å². The van der Waals surface area contributed by atoms with Crippen LogP contribution >= 0.6 is 22.6 Å². The van der Waals surface area contributed by atoms with E-state index < -0.39 is 0 Å². The van der Waals surface area contributed by atoms with Crippen LogP contribution in [0, 0.1) is 3.57 Å². The van der Waals surface area contributed by atoms with E-state index in [9.17, 15) is 0 Å². The van der Waals surface area contributed by atoms with Gasteiger partial charge in [0.2, 0.25) is 0 Å². The van der Waals surface area contributed by atoms with E-state index in [1.165, 1.54) is 0 Å². The lowest BCUT2D eigenvalue weighted by Crippen LogP contribution is -1.90. The number of anilines is 1. The molecule has 3 rings (SSSR count). The van der Waals surface area contributed by atoms with Crippen LogP contribution in [-0.4, -0.2) is 12.3 Å². The zero-order valence-corrected chi connectivity index (χ0v) is 13.5. The van der Waals surface area contributed by atoms with Gasteiger partial charge in [0, 0.05) is 9.13 Å². The Kier molecular flexibility index (Phi) is 3.83. The fraction of sp³-hybridized carbons (Fsp3) is 0.0625. The summed E-state index contributed by atoms with van der Waals surface area (Å²) in [4.78, 5) is 0. The molecule has 0 saturated heterocycles. The van der Waals surface area contributed by atoms with Crippen molar-refractivity contribution in [2.24, 2.45) is 0 Å². The first kappa shape index (κ1) is 13.9. The van der Waals surface area contributed by atoms with Crippen LogP contribution in [0.15, 0.2) is 53.1 Å². The van der Waals surface area contributed by atoms with Gasteiger partial charge in [-0.3, -0.25) is 0 Å². The third kappa shape index (κ3) is 2.61. The Morgan fingerprint density at radius 3 is 2.71 bits per heavy atom. The van der Waals surface area contributed by atoms with E-state index in [2.05, 4.69) is 27.7 Å². The first-order valence-corrected chi connectivity index (χ1v) is 7.43. The molecule has 0 amide bonds. The summed E-state index contributed by atoms with van der Waals surface area (Å²) in [7, 11) is 1.64. The molecule has 0 radical (unpaired) electrons. The summed E-state index contributed by atoms with van der Waals surface area (Å²) in [5, 5.41) is 3.92. The normalized spacial score (nSPS) is 10.6. The molecule has 1 heterocycles. The molecule has 0 bridgehead atoms. The highest BCUT2D eigenvalue weighted by Gasteiger charge is 2.19. The number of rotatable bonds is 3. The van der Waals surface area contributed by atoms with Gasteiger partial charge in [0.15, 0.2) is 11.6 Å². The molecule has 0 fully saturated rings. The minimum Gasteiger partial charge on any atom is -0.497 e. The van der Waals surface area contributed by atoms with E-state index in [0.717, 1.165) is 26.0 Å². The number of benzene rings is 2. The largest absolute Gasteiger partial charge is 0.497 e. The molecule has 1 aromatic heterocycles. The van der Waals surface area contributed by atoms with Crippen LogP contribution < -0.4 is 10.5 Å². The maximum Gasteiger partial charge on any atom is 0.177 e. The van der Waals surface area contributed by atoms with Crippen molar-refractivity contribution in [1.29, 1.82) is 0 Å². The van der Waals surface area contributed by atoms with E-state index >= 15 is 0 Å². The number of nitrogen functional groups attached to an aromatic ring is 1. The first-order valence-electron chi connectivity index (χ1n) is 6.35. The Hall–Kier alpha value is -2.02. The summed E-state index contributed by atoms with van der Waals surface area (Å²) in [6.45, 7) is 0. The van der Waals surface area contributed by atoms with Gasteiger partial charge in [-0.25, -0.2) is 0 Å². The Labute approximate surface area is 136 Å². The number of halogens is 1. The van der Waals surface area contributed by atoms with Crippen LogP contribution in [-0.2, 0) is 0 Å². The van der Waals surface area contributed by atoms with Crippen molar-refractivity contribution in [1.82, 2.24) is 5.16 Å². The van der Waals surface area contributed by atoms with Gasteiger partial charge in [0.25, 0.3) is 0 Å². The monoisotopic (exact) mass is 392 g/mol. The molecule has 5 heteroatoms. The molecule has 4 nitrogen and oxygen atoms in total. The average molecular weight is 392 g/mol. The van der Waals surface area contributed by atoms with E-state index in [-0.39, 0.29) is 0 Å². The summed E-state index contributed by atoms with van der Waals surface area (Å²) >= 11 is 2.27. The van der Waals surface area contributed by atoms with Gasteiger partial charge in [0.1, 0.15) is 5.75 Å². The van der Waals surface area contributed by atoms with Crippen molar-refractivity contribution in [3.63, 3.8) is 0 Å². The first-order chi connectivity index (χ1) is 10.2. The smallest absolute Gasteiger partial charge is 0.177 e. The second-order valence-electron chi connectivity index (χ2n) is 4.48. The van der Waals surface area contributed by atoms with Crippen LogP contribution in [0.25, 0.3) is 22.5 Å². The fourth-order valence-electron chi connectivity index (χ4n) is 2.19. The molecular weight excluding hydrogens is 379 g/mol. The van der Waals surface area contributed by atoms with Crippen LogP contribution in [0.1, 0.15) is 0 Å². The predicted molar refractivity (Wildman–Crippen MR) is 91.1 cm³/mol. The van der Waals surface area contributed by atoms with Gasteiger partial charge in [-0.1, -0.05) is 35.5 Å². The SMILES string of the molecule is COc1cccc(-c2c(N)noc2-c2ccccc2I)c1. The number of nitrogens with zero attached hydrogens (tertiary/aromatic N) is 1. The van der Waals surface area contributed by atoms with Crippen molar-refractivity contribution in [2.75, 3.05) is 12.8 Å². The van der Waals surface area contributed by atoms with Gasteiger partial charge in [-0.2, -0.15) is 0 Å². The van der Waals surface area contributed by atoms with Gasteiger partial charge in [-0.15, -0.1) is 0 Å². The Morgan fingerprint density at radius 2 is 1.95 bits per heavy atom. The molecule has 106 valence electrons.